The third kappa shape index (κ3) is 3.41. The minimum absolute atomic E-state index is 0.687. The fraction of sp³-hybridized carbons (Fsp3) is 0.167. The van der Waals surface area contributed by atoms with Gasteiger partial charge in [0.1, 0.15) is 0 Å². The Morgan fingerprint density at radius 2 is 1.61 bits per heavy atom. The molecule has 140 valence electrons. The Morgan fingerprint density at radius 1 is 0.857 bits per heavy atom. The van der Waals surface area contributed by atoms with Gasteiger partial charge in [-0.05, 0) is 47.0 Å². The summed E-state index contributed by atoms with van der Waals surface area (Å²) in [6.07, 6.45) is 4.84. The molecule has 0 N–H and O–H groups in total. The largest absolute Gasteiger partial charge is 0.493 e. The first-order chi connectivity index (χ1) is 13.7. The van der Waals surface area contributed by atoms with Crippen molar-refractivity contribution >= 4 is 28.3 Å². The zero-order valence-electron chi connectivity index (χ0n) is 16.3. The van der Waals surface area contributed by atoms with Crippen molar-refractivity contribution in [2.75, 3.05) is 14.2 Å². The minimum Gasteiger partial charge on any atom is -0.493 e. The molecule has 0 aliphatic carbocycles. The summed E-state index contributed by atoms with van der Waals surface area (Å²) >= 11 is 0. The number of rotatable bonds is 4. The van der Waals surface area contributed by atoms with Crippen LogP contribution in [0.2, 0.25) is 0 Å². The highest BCUT2D eigenvalue weighted by atomic mass is 16.5. The van der Waals surface area contributed by atoms with Gasteiger partial charge in [0, 0.05) is 17.7 Å². The van der Waals surface area contributed by atoms with Crippen LogP contribution in [0.3, 0.4) is 0 Å². The molecule has 0 saturated heterocycles. The van der Waals surface area contributed by atoms with Gasteiger partial charge in [0.25, 0.3) is 0 Å². The van der Waals surface area contributed by atoms with E-state index in [-0.39, 0.29) is 0 Å². The summed E-state index contributed by atoms with van der Waals surface area (Å²) in [5.74, 6) is 1.40. The van der Waals surface area contributed by atoms with Crippen molar-refractivity contribution in [3.8, 4) is 11.5 Å². The zero-order valence-corrected chi connectivity index (χ0v) is 16.3. The monoisotopic (exact) mass is 370 g/mol. The average molecular weight is 370 g/mol. The molecule has 0 spiro atoms. The Kier molecular flexibility index (Phi) is 4.94. The van der Waals surface area contributed by atoms with E-state index in [1.807, 2.05) is 25.1 Å². The topological polar surface area (TPSA) is 43.2 Å². The third-order valence-electron chi connectivity index (χ3n) is 4.90. The van der Waals surface area contributed by atoms with E-state index in [1.165, 1.54) is 10.8 Å². The first kappa shape index (κ1) is 18.0. The summed E-state index contributed by atoms with van der Waals surface area (Å²) in [5.41, 5.74) is 5.04. The van der Waals surface area contributed by atoms with Gasteiger partial charge >= 0.3 is 0 Å². The van der Waals surface area contributed by atoms with E-state index in [9.17, 15) is 0 Å². The van der Waals surface area contributed by atoms with Gasteiger partial charge in [0.2, 0.25) is 0 Å². The molecule has 0 atom stereocenters. The summed E-state index contributed by atoms with van der Waals surface area (Å²) in [5, 5.41) is 11.3. The highest BCUT2D eigenvalue weighted by Gasteiger charge is 2.17. The highest BCUT2D eigenvalue weighted by Crippen LogP contribution is 2.32. The Bertz CT molecular complexity index is 1120. The lowest BCUT2D eigenvalue weighted by Gasteiger charge is -2.13. The predicted octanol–water partition coefficient (Wildman–Crippen LogP) is 5.29. The molecule has 1 heterocycles. The van der Waals surface area contributed by atoms with Crippen molar-refractivity contribution < 1.29 is 9.47 Å². The number of methoxy groups -OCH3 is 2. The molecular weight excluding hydrogens is 348 g/mol. The summed E-state index contributed by atoms with van der Waals surface area (Å²) in [6.45, 7) is 1.99. The lowest BCUT2D eigenvalue weighted by atomic mass is 9.97. The second kappa shape index (κ2) is 7.69. The molecule has 0 unspecified atom stereocenters. The summed E-state index contributed by atoms with van der Waals surface area (Å²) in [4.78, 5) is 0. The molecule has 1 aliphatic rings. The maximum Gasteiger partial charge on any atom is 0.161 e. The molecule has 0 amide bonds. The predicted molar refractivity (Wildman–Crippen MR) is 116 cm³/mol. The SMILES string of the molecule is COc1cc2c(cc1OC)C(C=Cc1cccc3ccccc13)=NN=C(C)C2. The van der Waals surface area contributed by atoms with Crippen LogP contribution in [0.1, 0.15) is 23.6 Å². The van der Waals surface area contributed by atoms with Crippen molar-refractivity contribution in [3.63, 3.8) is 0 Å². The average Bonchev–Trinajstić information content (AvgIpc) is 2.88. The van der Waals surface area contributed by atoms with E-state index >= 15 is 0 Å². The van der Waals surface area contributed by atoms with E-state index in [2.05, 4.69) is 58.7 Å². The molecule has 0 radical (unpaired) electrons. The third-order valence-corrected chi connectivity index (χ3v) is 4.90. The van der Waals surface area contributed by atoms with Crippen molar-refractivity contribution in [1.29, 1.82) is 0 Å². The van der Waals surface area contributed by atoms with Crippen LogP contribution in [0.5, 0.6) is 11.5 Å². The Labute approximate surface area is 164 Å². The maximum absolute atomic E-state index is 5.50. The number of benzene rings is 3. The molecule has 0 bridgehead atoms. The highest BCUT2D eigenvalue weighted by molar-refractivity contribution is 6.14. The molecular formula is C24H22N2O2. The van der Waals surface area contributed by atoms with Crippen molar-refractivity contribution in [1.82, 2.24) is 0 Å². The molecule has 4 nitrogen and oxygen atoms in total. The van der Waals surface area contributed by atoms with Crippen LogP contribution >= 0.6 is 0 Å². The van der Waals surface area contributed by atoms with Gasteiger partial charge in [-0.1, -0.05) is 48.5 Å². The molecule has 0 fully saturated rings. The van der Waals surface area contributed by atoms with E-state index < -0.39 is 0 Å². The fourth-order valence-corrected chi connectivity index (χ4v) is 3.50. The summed E-state index contributed by atoms with van der Waals surface area (Å²) in [6, 6.07) is 18.7. The van der Waals surface area contributed by atoms with Crippen molar-refractivity contribution in [3.05, 3.63) is 77.4 Å². The number of fused-ring (bicyclic) bond motifs is 2. The Morgan fingerprint density at radius 3 is 2.43 bits per heavy atom. The molecule has 28 heavy (non-hydrogen) atoms. The van der Waals surface area contributed by atoms with Crippen molar-refractivity contribution in [2.24, 2.45) is 10.2 Å². The molecule has 1 aliphatic heterocycles. The molecule has 3 aromatic rings. The van der Waals surface area contributed by atoms with Gasteiger partial charge in [-0.25, -0.2) is 0 Å². The minimum atomic E-state index is 0.687. The first-order valence-electron chi connectivity index (χ1n) is 9.22. The van der Waals surface area contributed by atoms with Crippen molar-refractivity contribution in [2.45, 2.75) is 13.3 Å². The number of allylic oxidation sites excluding steroid dienone is 1. The number of nitrogens with zero attached hydrogens (tertiary/aromatic N) is 2. The Hall–Kier alpha value is -3.40. The quantitative estimate of drug-likeness (QED) is 0.626. The van der Waals surface area contributed by atoms with Crippen LogP contribution in [0.4, 0.5) is 0 Å². The normalized spacial score (nSPS) is 13.7. The van der Waals surface area contributed by atoms with Crippen LogP contribution < -0.4 is 9.47 Å². The molecule has 3 aromatic carbocycles. The van der Waals surface area contributed by atoms with Gasteiger partial charge in [-0.2, -0.15) is 10.2 Å². The summed E-state index contributed by atoms with van der Waals surface area (Å²) < 4.78 is 11.0. The van der Waals surface area contributed by atoms with E-state index in [1.54, 1.807) is 14.2 Å². The second-order valence-electron chi connectivity index (χ2n) is 6.76. The molecule has 4 rings (SSSR count). The summed E-state index contributed by atoms with van der Waals surface area (Å²) in [7, 11) is 3.29. The lowest BCUT2D eigenvalue weighted by Crippen LogP contribution is -2.05. The van der Waals surface area contributed by atoms with Gasteiger partial charge in [0.15, 0.2) is 11.5 Å². The van der Waals surface area contributed by atoms with Crippen LogP contribution in [0, 0.1) is 0 Å². The fourth-order valence-electron chi connectivity index (χ4n) is 3.50. The van der Waals surface area contributed by atoms with Gasteiger partial charge in [-0.15, -0.1) is 0 Å². The zero-order chi connectivity index (χ0) is 19.5. The van der Waals surface area contributed by atoms with Gasteiger partial charge in [0.05, 0.1) is 19.9 Å². The van der Waals surface area contributed by atoms with Gasteiger partial charge < -0.3 is 9.47 Å². The van der Waals surface area contributed by atoms with E-state index in [0.29, 0.717) is 11.5 Å². The number of hydrogen-bond donors (Lipinski definition) is 0. The molecule has 0 aromatic heterocycles. The maximum atomic E-state index is 5.50. The van der Waals surface area contributed by atoms with Crippen LogP contribution in [0.25, 0.3) is 16.8 Å². The Balaban J connectivity index is 1.80. The molecule has 0 saturated carbocycles. The number of hydrogen-bond acceptors (Lipinski definition) is 4. The first-order valence-corrected chi connectivity index (χ1v) is 9.22. The lowest BCUT2D eigenvalue weighted by molar-refractivity contribution is 0.354. The van der Waals surface area contributed by atoms with E-state index in [4.69, 9.17) is 9.47 Å². The van der Waals surface area contributed by atoms with E-state index in [0.717, 1.165) is 34.5 Å². The smallest absolute Gasteiger partial charge is 0.161 e. The second-order valence-corrected chi connectivity index (χ2v) is 6.76. The van der Waals surface area contributed by atoms with Crippen LogP contribution in [0.15, 0.2) is 70.9 Å². The van der Waals surface area contributed by atoms with Gasteiger partial charge in [-0.3, -0.25) is 0 Å². The van der Waals surface area contributed by atoms with Crippen LogP contribution in [-0.2, 0) is 6.42 Å². The number of ether oxygens (including phenoxy) is 2. The standard InChI is InChI=1S/C24H22N2O2/c1-16-13-19-14-23(27-2)24(28-3)15-21(19)22(26-25-16)12-11-18-9-6-8-17-7-4-5-10-20(17)18/h4-12,14-15H,13H2,1-3H3. The van der Waals surface area contributed by atoms with Crippen LogP contribution in [-0.4, -0.2) is 25.6 Å². The molecule has 4 heteroatoms.